The Kier molecular flexibility index (Phi) is 6.18. The molecule has 136 valence electrons. The molecule has 0 spiro atoms. The number of aryl methyl sites for hydroxylation is 1. The zero-order valence-electron chi connectivity index (χ0n) is 15.1. The monoisotopic (exact) mass is 345 g/mol. The summed E-state index contributed by atoms with van der Waals surface area (Å²) in [5.41, 5.74) is 2.05. The Balaban J connectivity index is 1.52. The van der Waals surface area contributed by atoms with E-state index in [1.165, 1.54) is 0 Å². The Morgan fingerprint density at radius 3 is 2.84 bits per heavy atom. The maximum atomic E-state index is 12.4. The minimum Gasteiger partial charge on any atom is -0.379 e. The van der Waals surface area contributed by atoms with Crippen LogP contribution in [0.25, 0.3) is 6.08 Å². The summed E-state index contributed by atoms with van der Waals surface area (Å²) in [6.45, 7) is 6.72. The van der Waals surface area contributed by atoms with Gasteiger partial charge in [0, 0.05) is 64.4 Å². The maximum Gasteiger partial charge on any atom is 0.246 e. The lowest BCUT2D eigenvalue weighted by molar-refractivity contribution is -0.130. The van der Waals surface area contributed by atoms with E-state index in [-0.39, 0.29) is 12.0 Å². The van der Waals surface area contributed by atoms with Crippen LogP contribution < -0.4 is 0 Å². The normalized spacial score (nSPS) is 25.4. The average Bonchev–Trinajstić information content (AvgIpc) is 2.66. The third kappa shape index (κ3) is 4.66. The number of pyridine rings is 1. The molecule has 1 aromatic rings. The van der Waals surface area contributed by atoms with Crippen molar-refractivity contribution in [3.8, 4) is 0 Å². The summed E-state index contributed by atoms with van der Waals surface area (Å²) in [6.07, 6.45) is 8.19. The topological polar surface area (TPSA) is 54.9 Å². The molecule has 2 unspecified atom stereocenters. The summed E-state index contributed by atoms with van der Waals surface area (Å²) in [5.74, 6) is 0.0661. The van der Waals surface area contributed by atoms with Crippen molar-refractivity contribution in [3.05, 3.63) is 35.7 Å². The molecule has 2 saturated heterocycles. The van der Waals surface area contributed by atoms with E-state index >= 15 is 0 Å². The van der Waals surface area contributed by atoms with Gasteiger partial charge >= 0.3 is 0 Å². The third-order valence-electron chi connectivity index (χ3n) is 4.98. The number of nitrogens with zero attached hydrogens (tertiary/aromatic N) is 3. The van der Waals surface area contributed by atoms with Crippen molar-refractivity contribution in [1.29, 1.82) is 0 Å². The highest BCUT2D eigenvalue weighted by molar-refractivity contribution is 5.91. The first-order valence-corrected chi connectivity index (χ1v) is 8.90. The first-order valence-electron chi connectivity index (χ1n) is 8.90. The Hall–Kier alpha value is -1.76. The maximum absolute atomic E-state index is 12.4. The van der Waals surface area contributed by atoms with Gasteiger partial charge < -0.3 is 14.4 Å². The van der Waals surface area contributed by atoms with Gasteiger partial charge in [-0.25, -0.2) is 0 Å². The molecule has 2 aliphatic rings. The van der Waals surface area contributed by atoms with Gasteiger partial charge in [-0.2, -0.15) is 0 Å². The van der Waals surface area contributed by atoms with Crippen molar-refractivity contribution < 1.29 is 14.3 Å². The second kappa shape index (κ2) is 8.56. The second-order valence-corrected chi connectivity index (χ2v) is 6.70. The lowest BCUT2D eigenvalue weighted by atomic mass is 10.0. The first kappa shape index (κ1) is 18.0. The molecule has 0 radical (unpaired) electrons. The molecule has 0 bridgehead atoms. The number of methoxy groups -OCH3 is 1. The van der Waals surface area contributed by atoms with E-state index in [1.807, 2.05) is 30.2 Å². The fourth-order valence-corrected chi connectivity index (χ4v) is 3.56. The van der Waals surface area contributed by atoms with E-state index in [0.29, 0.717) is 12.6 Å². The van der Waals surface area contributed by atoms with Crippen LogP contribution in [-0.4, -0.2) is 79.3 Å². The van der Waals surface area contributed by atoms with Crippen molar-refractivity contribution in [3.63, 3.8) is 0 Å². The number of ether oxygens (including phenoxy) is 2. The van der Waals surface area contributed by atoms with Crippen LogP contribution in [0.2, 0.25) is 0 Å². The van der Waals surface area contributed by atoms with Gasteiger partial charge in [0.2, 0.25) is 5.91 Å². The fraction of sp³-hybridized carbons (Fsp3) is 0.579. The summed E-state index contributed by atoms with van der Waals surface area (Å²) >= 11 is 0. The van der Waals surface area contributed by atoms with Gasteiger partial charge in [0.25, 0.3) is 0 Å². The number of piperazine rings is 1. The van der Waals surface area contributed by atoms with Crippen molar-refractivity contribution in [2.45, 2.75) is 25.5 Å². The van der Waals surface area contributed by atoms with Gasteiger partial charge in [-0.05, 0) is 36.6 Å². The van der Waals surface area contributed by atoms with Crippen molar-refractivity contribution in [2.24, 2.45) is 0 Å². The van der Waals surface area contributed by atoms with Crippen LogP contribution in [0.15, 0.2) is 24.5 Å². The fourth-order valence-electron chi connectivity index (χ4n) is 3.56. The zero-order valence-corrected chi connectivity index (χ0v) is 15.1. The van der Waals surface area contributed by atoms with E-state index in [2.05, 4.69) is 9.88 Å². The molecule has 6 heteroatoms. The van der Waals surface area contributed by atoms with Gasteiger partial charge in [0.15, 0.2) is 0 Å². The highest BCUT2D eigenvalue weighted by Gasteiger charge is 2.33. The van der Waals surface area contributed by atoms with Crippen LogP contribution in [0.5, 0.6) is 0 Å². The SMILES string of the molecule is COC1COCCC1N1CCN(C(=O)/C=C/c2cncc(C)c2)CC1. The van der Waals surface area contributed by atoms with Crippen LogP contribution in [0, 0.1) is 6.92 Å². The van der Waals surface area contributed by atoms with Crippen LogP contribution in [0.4, 0.5) is 0 Å². The van der Waals surface area contributed by atoms with E-state index in [1.54, 1.807) is 19.4 Å². The lowest BCUT2D eigenvalue weighted by Crippen LogP contribution is -2.57. The van der Waals surface area contributed by atoms with E-state index in [4.69, 9.17) is 9.47 Å². The third-order valence-corrected chi connectivity index (χ3v) is 4.98. The van der Waals surface area contributed by atoms with Crippen molar-refractivity contribution in [1.82, 2.24) is 14.8 Å². The van der Waals surface area contributed by atoms with Gasteiger partial charge in [-0.15, -0.1) is 0 Å². The minimum atomic E-state index is 0.0661. The van der Waals surface area contributed by atoms with E-state index in [0.717, 1.165) is 50.3 Å². The molecule has 3 rings (SSSR count). The Morgan fingerprint density at radius 1 is 1.32 bits per heavy atom. The molecule has 2 fully saturated rings. The predicted octanol–water partition coefficient (Wildman–Crippen LogP) is 1.35. The molecule has 25 heavy (non-hydrogen) atoms. The van der Waals surface area contributed by atoms with Crippen molar-refractivity contribution >= 4 is 12.0 Å². The van der Waals surface area contributed by atoms with Crippen LogP contribution in [-0.2, 0) is 14.3 Å². The van der Waals surface area contributed by atoms with Crippen LogP contribution in [0.3, 0.4) is 0 Å². The summed E-state index contributed by atoms with van der Waals surface area (Å²) in [5, 5.41) is 0. The van der Waals surface area contributed by atoms with Gasteiger partial charge in [-0.1, -0.05) is 0 Å². The quantitative estimate of drug-likeness (QED) is 0.771. The standard InChI is InChI=1S/C19H27N3O3/c1-15-11-16(13-20-12-15)3-4-19(23)22-8-6-21(7-9-22)17-5-10-25-14-18(17)24-2/h3-4,11-13,17-18H,5-10,14H2,1-2H3/b4-3+. The predicted molar refractivity (Wildman–Crippen MR) is 96.2 cm³/mol. The molecule has 1 amide bonds. The molecule has 0 N–H and O–H groups in total. The van der Waals surface area contributed by atoms with Crippen molar-refractivity contribution in [2.75, 3.05) is 46.5 Å². The van der Waals surface area contributed by atoms with Gasteiger partial charge in [0.1, 0.15) is 0 Å². The Labute approximate surface area is 149 Å². The molecule has 2 atom stereocenters. The van der Waals surface area contributed by atoms with Gasteiger partial charge in [-0.3, -0.25) is 14.7 Å². The number of carbonyl (C=O) groups excluding carboxylic acids is 1. The number of amides is 1. The van der Waals surface area contributed by atoms with E-state index < -0.39 is 0 Å². The number of aromatic nitrogens is 1. The van der Waals surface area contributed by atoms with Gasteiger partial charge in [0.05, 0.1) is 12.7 Å². The minimum absolute atomic E-state index is 0.0661. The Bertz CT molecular complexity index is 612. The number of rotatable bonds is 4. The molecular weight excluding hydrogens is 318 g/mol. The molecular formula is C19H27N3O3. The molecule has 0 aromatic carbocycles. The molecule has 2 aliphatic heterocycles. The smallest absolute Gasteiger partial charge is 0.246 e. The summed E-state index contributed by atoms with van der Waals surface area (Å²) < 4.78 is 11.1. The van der Waals surface area contributed by atoms with Crippen LogP contribution in [0.1, 0.15) is 17.5 Å². The molecule has 6 nitrogen and oxygen atoms in total. The number of hydrogen-bond acceptors (Lipinski definition) is 5. The average molecular weight is 345 g/mol. The summed E-state index contributed by atoms with van der Waals surface area (Å²) in [7, 11) is 1.75. The van der Waals surface area contributed by atoms with Crippen LogP contribution >= 0.6 is 0 Å². The number of hydrogen-bond donors (Lipinski definition) is 0. The lowest BCUT2D eigenvalue weighted by Gasteiger charge is -2.43. The summed E-state index contributed by atoms with van der Waals surface area (Å²) in [6, 6.07) is 2.41. The molecule has 0 aliphatic carbocycles. The highest BCUT2D eigenvalue weighted by Crippen LogP contribution is 2.19. The second-order valence-electron chi connectivity index (χ2n) is 6.70. The summed E-state index contributed by atoms with van der Waals surface area (Å²) in [4.78, 5) is 20.9. The van der Waals surface area contributed by atoms with E-state index in [9.17, 15) is 4.79 Å². The zero-order chi connectivity index (χ0) is 17.6. The Morgan fingerprint density at radius 2 is 2.12 bits per heavy atom. The highest BCUT2D eigenvalue weighted by atomic mass is 16.5. The molecule has 3 heterocycles. The first-order chi connectivity index (χ1) is 12.2. The molecule has 1 aromatic heterocycles. The number of carbonyl (C=O) groups is 1. The largest absolute Gasteiger partial charge is 0.379 e. The molecule has 0 saturated carbocycles.